The number of thiophene rings is 1. The van der Waals surface area contributed by atoms with Crippen molar-refractivity contribution in [2.24, 2.45) is 0 Å². The first-order chi connectivity index (χ1) is 7.13. The van der Waals surface area contributed by atoms with Crippen molar-refractivity contribution in [1.29, 1.82) is 0 Å². The largest absolute Gasteiger partial charge is 0.478 e. The van der Waals surface area contributed by atoms with Crippen molar-refractivity contribution in [3.05, 3.63) is 33.1 Å². The average molecular weight is 350 g/mol. The Morgan fingerprint density at radius 2 is 2.20 bits per heavy atom. The zero-order valence-corrected chi connectivity index (χ0v) is 11.4. The minimum atomic E-state index is -0.893. The van der Waals surface area contributed by atoms with Gasteiger partial charge >= 0.3 is 5.97 Å². The number of benzene rings is 1. The van der Waals surface area contributed by atoms with Crippen LogP contribution in [0.5, 0.6) is 0 Å². The molecular weight excluding hydrogens is 344 g/mol. The van der Waals surface area contributed by atoms with E-state index in [0.717, 1.165) is 19.9 Å². The van der Waals surface area contributed by atoms with Crippen molar-refractivity contribution in [3.63, 3.8) is 0 Å². The van der Waals surface area contributed by atoms with Crippen LogP contribution in [0.3, 0.4) is 0 Å². The van der Waals surface area contributed by atoms with E-state index in [1.165, 1.54) is 4.88 Å². The first kappa shape index (κ1) is 11.1. The molecule has 2 aromatic rings. The van der Waals surface area contributed by atoms with E-state index in [9.17, 15) is 4.79 Å². The number of carboxylic acids is 1. The molecule has 1 heterocycles. The highest BCUT2D eigenvalue weighted by Crippen LogP contribution is 2.37. The molecule has 78 valence electrons. The van der Waals surface area contributed by atoms with Crippen LogP contribution in [0.2, 0.25) is 0 Å². The average Bonchev–Trinajstić information content (AvgIpc) is 2.55. The Labute approximate surface area is 107 Å². The Hall–Kier alpha value is -0.390. The lowest BCUT2D eigenvalue weighted by Gasteiger charge is -1.94. The molecule has 1 N–H and O–H groups in total. The molecule has 2 nitrogen and oxygen atoms in total. The number of aromatic carboxylic acids is 1. The molecule has 0 fully saturated rings. The quantitative estimate of drug-likeness (QED) is 0.822. The van der Waals surface area contributed by atoms with Crippen LogP contribution in [0.15, 0.2) is 22.7 Å². The van der Waals surface area contributed by atoms with Gasteiger partial charge in [-0.05, 0) is 34.1 Å². The van der Waals surface area contributed by atoms with Gasteiger partial charge in [0.15, 0.2) is 0 Å². The van der Waals surface area contributed by atoms with E-state index < -0.39 is 5.97 Å². The molecule has 2 rings (SSSR count). The van der Waals surface area contributed by atoms with Gasteiger partial charge < -0.3 is 5.11 Å². The number of hydrogen-bond donors (Lipinski definition) is 1. The third-order valence-corrected chi connectivity index (χ3v) is 5.33. The van der Waals surface area contributed by atoms with Gasteiger partial charge in [0, 0.05) is 24.8 Å². The molecule has 0 saturated heterocycles. The summed E-state index contributed by atoms with van der Waals surface area (Å²) in [5.74, 6) is -0.893. The van der Waals surface area contributed by atoms with Gasteiger partial charge in [0.2, 0.25) is 0 Å². The Bertz CT molecular complexity index is 533. The zero-order chi connectivity index (χ0) is 11.0. The summed E-state index contributed by atoms with van der Waals surface area (Å²) in [6.45, 7) is 0. The highest BCUT2D eigenvalue weighted by Gasteiger charge is 2.11. The second-order valence-electron chi connectivity index (χ2n) is 2.99. The van der Waals surface area contributed by atoms with E-state index >= 15 is 0 Å². The summed E-state index contributed by atoms with van der Waals surface area (Å²) in [5, 5.41) is 10.6. The van der Waals surface area contributed by atoms with Crippen LogP contribution in [0.1, 0.15) is 15.2 Å². The smallest absolute Gasteiger partial charge is 0.335 e. The van der Waals surface area contributed by atoms with E-state index in [1.54, 1.807) is 23.5 Å². The third kappa shape index (κ3) is 1.96. The predicted molar refractivity (Wildman–Crippen MR) is 69.1 cm³/mol. The minimum absolute atomic E-state index is 0.321. The Balaban J connectivity index is 2.70. The Morgan fingerprint density at radius 3 is 2.80 bits per heavy atom. The van der Waals surface area contributed by atoms with Gasteiger partial charge in [-0.15, -0.1) is 11.3 Å². The van der Waals surface area contributed by atoms with Gasteiger partial charge in [-0.1, -0.05) is 15.9 Å². The molecule has 0 radical (unpaired) electrons. The summed E-state index contributed by atoms with van der Waals surface area (Å²) in [6.07, 6.45) is 0. The van der Waals surface area contributed by atoms with Gasteiger partial charge in [-0.25, -0.2) is 4.79 Å². The molecule has 5 heteroatoms. The number of fused-ring (bicyclic) bond motifs is 1. The van der Waals surface area contributed by atoms with Crippen LogP contribution in [0.4, 0.5) is 0 Å². The van der Waals surface area contributed by atoms with Crippen molar-refractivity contribution in [1.82, 2.24) is 0 Å². The maximum atomic E-state index is 10.8. The van der Waals surface area contributed by atoms with Crippen molar-refractivity contribution in [2.45, 2.75) is 5.33 Å². The number of rotatable bonds is 2. The molecule has 0 spiro atoms. The van der Waals surface area contributed by atoms with Crippen LogP contribution in [-0.2, 0) is 5.33 Å². The van der Waals surface area contributed by atoms with Crippen LogP contribution in [0.25, 0.3) is 10.1 Å². The molecule has 0 aliphatic carbocycles. The fraction of sp³-hybridized carbons (Fsp3) is 0.100. The zero-order valence-electron chi connectivity index (χ0n) is 7.46. The predicted octanol–water partition coefficient (Wildman–Crippen LogP) is 4.26. The van der Waals surface area contributed by atoms with Gasteiger partial charge in [-0.3, -0.25) is 0 Å². The van der Waals surface area contributed by atoms with Gasteiger partial charge in [0.05, 0.1) is 5.56 Å². The van der Waals surface area contributed by atoms with Gasteiger partial charge in [0.25, 0.3) is 0 Å². The number of carbonyl (C=O) groups is 1. The number of carboxylic acid groups (broad SMARTS) is 1. The fourth-order valence-corrected chi connectivity index (χ4v) is 4.11. The minimum Gasteiger partial charge on any atom is -0.478 e. The van der Waals surface area contributed by atoms with E-state index in [4.69, 9.17) is 5.11 Å². The number of halogens is 2. The Morgan fingerprint density at radius 1 is 1.47 bits per heavy atom. The van der Waals surface area contributed by atoms with E-state index in [-0.39, 0.29) is 0 Å². The van der Waals surface area contributed by atoms with E-state index in [2.05, 4.69) is 31.9 Å². The fourth-order valence-electron chi connectivity index (χ4n) is 1.34. The van der Waals surface area contributed by atoms with Gasteiger partial charge in [-0.2, -0.15) is 0 Å². The standard InChI is InChI=1S/C10H6Br2O2S/c11-4-8-9(12)6-3-5(10(13)14)1-2-7(6)15-8/h1-3H,4H2,(H,13,14). The molecule has 0 aliphatic rings. The summed E-state index contributed by atoms with van der Waals surface area (Å²) in [4.78, 5) is 12.0. The van der Waals surface area contributed by atoms with Crippen molar-refractivity contribution in [2.75, 3.05) is 0 Å². The van der Waals surface area contributed by atoms with Gasteiger partial charge in [0.1, 0.15) is 0 Å². The Kier molecular flexibility index (Phi) is 3.13. The summed E-state index contributed by atoms with van der Waals surface area (Å²) in [6, 6.07) is 5.18. The highest BCUT2D eigenvalue weighted by atomic mass is 79.9. The molecule has 0 amide bonds. The van der Waals surface area contributed by atoms with Crippen LogP contribution >= 0.6 is 43.2 Å². The molecule has 0 saturated carbocycles. The first-order valence-electron chi connectivity index (χ1n) is 4.13. The lowest BCUT2D eigenvalue weighted by Crippen LogP contribution is -1.94. The SMILES string of the molecule is O=C(O)c1ccc2sc(CBr)c(Br)c2c1. The summed E-state index contributed by atoms with van der Waals surface area (Å²) in [7, 11) is 0. The topological polar surface area (TPSA) is 37.3 Å². The molecule has 0 atom stereocenters. The maximum Gasteiger partial charge on any atom is 0.335 e. The molecule has 1 aromatic heterocycles. The molecule has 1 aromatic carbocycles. The van der Waals surface area contributed by atoms with E-state index in [0.29, 0.717) is 5.56 Å². The maximum absolute atomic E-state index is 10.8. The summed E-state index contributed by atoms with van der Waals surface area (Å²) < 4.78 is 2.09. The monoisotopic (exact) mass is 348 g/mol. The number of hydrogen-bond acceptors (Lipinski definition) is 2. The normalized spacial score (nSPS) is 10.8. The second-order valence-corrected chi connectivity index (χ2v) is 5.48. The molecule has 0 unspecified atom stereocenters. The van der Waals surface area contributed by atoms with E-state index in [1.807, 2.05) is 6.07 Å². The van der Waals surface area contributed by atoms with Crippen LogP contribution in [-0.4, -0.2) is 11.1 Å². The third-order valence-electron chi connectivity index (χ3n) is 2.06. The lowest BCUT2D eigenvalue weighted by atomic mass is 10.1. The molecule has 15 heavy (non-hydrogen) atoms. The highest BCUT2D eigenvalue weighted by molar-refractivity contribution is 9.11. The number of alkyl halides is 1. The van der Waals surface area contributed by atoms with Crippen LogP contribution < -0.4 is 0 Å². The molecule has 0 bridgehead atoms. The van der Waals surface area contributed by atoms with Crippen molar-refractivity contribution in [3.8, 4) is 0 Å². The van der Waals surface area contributed by atoms with Crippen LogP contribution in [0, 0.1) is 0 Å². The lowest BCUT2D eigenvalue weighted by molar-refractivity contribution is 0.0697. The second kappa shape index (κ2) is 4.23. The molecular formula is C10H6Br2O2S. The van der Waals surface area contributed by atoms with Crippen molar-refractivity contribution >= 4 is 59.3 Å². The molecule has 0 aliphatic heterocycles. The van der Waals surface area contributed by atoms with Crippen molar-refractivity contribution < 1.29 is 9.90 Å². The first-order valence-corrected chi connectivity index (χ1v) is 6.86. The summed E-state index contributed by atoms with van der Waals surface area (Å²) in [5.41, 5.74) is 0.321. The summed E-state index contributed by atoms with van der Waals surface area (Å²) >= 11 is 8.54.